The number of carbonyl (C=O) groups excluding carboxylic acids is 1. The van der Waals surface area contributed by atoms with Crippen LogP contribution in [0.15, 0.2) is 54.7 Å². The van der Waals surface area contributed by atoms with Crippen LogP contribution in [0.2, 0.25) is 0 Å². The van der Waals surface area contributed by atoms with E-state index in [0.29, 0.717) is 13.2 Å². The zero-order valence-corrected chi connectivity index (χ0v) is 14.9. The monoisotopic (exact) mass is 352 g/mol. The number of fused-ring (bicyclic) bond motifs is 1. The van der Waals surface area contributed by atoms with Gasteiger partial charge in [-0.15, -0.1) is 11.3 Å². The highest BCUT2D eigenvalue weighted by molar-refractivity contribution is 7.12. The fraction of sp³-hybridized carbons (Fsp3) is 0.200. The first-order valence-electron chi connectivity index (χ1n) is 8.21. The van der Waals surface area contributed by atoms with E-state index < -0.39 is 0 Å². The molecule has 0 unspecified atom stereocenters. The molecule has 0 aliphatic rings. The number of benzene rings is 1. The molecule has 0 saturated heterocycles. The van der Waals surface area contributed by atoms with Crippen molar-refractivity contribution in [1.29, 1.82) is 0 Å². The zero-order valence-electron chi connectivity index (χ0n) is 14.1. The average molecular weight is 352 g/mol. The molecule has 1 aromatic carbocycles. The standard InChI is InChI=1S/C20H20N2O2S/c1-15-8-9-17(25-15)10-11-19(23)21-13-4-14-24-18-7-2-5-16-6-3-12-22-20(16)18/h2-3,5-12H,4,13-14H2,1H3,(H,21,23)/b11-10+. The van der Waals surface area contributed by atoms with Gasteiger partial charge < -0.3 is 10.1 Å². The van der Waals surface area contributed by atoms with E-state index in [1.54, 1.807) is 23.6 Å². The van der Waals surface area contributed by atoms with E-state index in [4.69, 9.17) is 4.74 Å². The fourth-order valence-electron chi connectivity index (χ4n) is 2.42. The number of hydrogen-bond donors (Lipinski definition) is 1. The maximum absolute atomic E-state index is 11.8. The van der Waals surface area contributed by atoms with E-state index in [9.17, 15) is 4.79 Å². The molecule has 0 atom stereocenters. The molecule has 25 heavy (non-hydrogen) atoms. The molecule has 3 rings (SSSR count). The highest BCUT2D eigenvalue weighted by Crippen LogP contribution is 2.22. The quantitative estimate of drug-likeness (QED) is 0.512. The van der Waals surface area contributed by atoms with Gasteiger partial charge >= 0.3 is 0 Å². The molecule has 0 saturated carbocycles. The van der Waals surface area contributed by atoms with Crippen molar-refractivity contribution in [2.24, 2.45) is 0 Å². The number of pyridine rings is 1. The molecule has 5 heteroatoms. The summed E-state index contributed by atoms with van der Waals surface area (Å²) in [6.45, 7) is 3.15. The molecule has 1 N–H and O–H groups in total. The van der Waals surface area contributed by atoms with Crippen molar-refractivity contribution in [2.75, 3.05) is 13.2 Å². The Morgan fingerprint density at radius 1 is 1.24 bits per heavy atom. The summed E-state index contributed by atoms with van der Waals surface area (Å²) >= 11 is 1.67. The van der Waals surface area contributed by atoms with Gasteiger partial charge in [0, 0.05) is 34.0 Å². The van der Waals surface area contributed by atoms with Gasteiger partial charge in [0.2, 0.25) is 5.91 Å². The van der Waals surface area contributed by atoms with Crippen molar-refractivity contribution in [3.63, 3.8) is 0 Å². The van der Waals surface area contributed by atoms with E-state index in [1.165, 1.54) is 4.88 Å². The Balaban J connectivity index is 1.41. The number of rotatable bonds is 7. The van der Waals surface area contributed by atoms with Crippen molar-refractivity contribution in [3.05, 3.63) is 64.5 Å². The molecular weight excluding hydrogens is 332 g/mol. The van der Waals surface area contributed by atoms with E-state index >= 15 is 0 Å². The Kier molecular flexibility index (Phi) is 5.80. The minimum Gasteiger partial charge on any atom is -0.491 e. The predicted octanol–water partition coefficient (Wildman–Crippen LogP) is 4.20. The summed E-state index contributed by atoms with van der Waals surface area (Å²) < 4.78 is 5.80. The predicted molar refractivity (Wildman–Crippen MR) is 103 cm³/mol. The van der Waals surface area contributed by atoms with Gasteiger partial charge in [-0.1, -0.05) is 18.2 Å². The summed E-state index contributed by atoms with van der Waals surface area (Å²) in [5.41, 5.74) is 0.864. The van der Waals surface area contributed by atoms with Crippen LogP contribution in [0.5, 0.6) is 5.75 Å². The normalized spacial score (nSPS) is 11.1. The largest absolute Gasteiger partial charge is 0.491 e. The maximum Gasteiger partial charge on any atom is 0.244 e. The molecule has 128 valence electrons. The molecule has 0 aliphatic carbocycles. The Morgan fingerprint density at radius 2 is 2.12 bits per heavy atom. The number of thiophene rings is 1. The van der Waals surface area contributed by atoms with Gasteiger partial charge in [-0.05, 0) is 43.7 Å². The number of nitrogens with zero attached hydrogens (tertiary/aromatic N) is 1. The van der Waals surface area contributed by atoms with Crippen LogP contribution in [0.4, 0.5) is 0 Å². The first-order valence-corrected chi connectivity index (χ1v) is 9.03. The van der Waals surface area contributed by atoms with Gasteiger partial charge in [0.05, 0.1) is 6.61 Å². The topological polar surface area (TPSA) is 51.2 Å². The summed E-state index contributed by atoms with van der Waals surface area (Å²) in [4.78, 5) is 18.5. The second-order valence-corrected chi connectivity index (χ2v) is 6.93. The highest BCUT2D eigenvalue weighted by Gasteiger charge is 2.02. The number of hydrogen-bond acceptors (Lipinski definition) is 4. The van der Waals surface area contributed by atoms with Crippen LogP contribution in [-0.2, 0) is 4.79 Å². The number of carbonyl (C=O) groups is 1. The molecule has 0 aliphatic heterocycles. The average Bonchev–Trinajstić information content (AvgIpc) is 3.05. The van der Waals surface area contributed by atoms with Crippen LogP contribution in [0.25, 0.3) is 17.0 Å². The Labute approximate surface area is 151 Å². The SMILES string of the molecule is Cc1ccc(/C=C/C(=O)NCCCOc2cccc3cccnc23)s1. The number of amides is 1. The molecule has 0 spiro atoms. The van der Waals surface area contributed by atoms with Gasteiger partial charge in [-0.3, -0.25) is 9.78 Å². The Morgan fingerprint density at radius 3 is 2.96 bits per heavy atom. The lowest BCUT2D eigenvalue weighted by Crippen LogP contribution is -2.23. The first-order chi connectivity index (χ1) is 12.2. The molecule has 3 aromatic rings. The third-order valence-electron chi connectivity index (χ3n) is 3.63. The summed E-state index contributed by atoms with van der Waals surface area (Å²) in [6, 6.07) is 13.9. The summed E-state index contributed by atoms with van der Waals surface area (Å²) in [5, 5.41) is 3.92. The van der Waals surface area contributed by atoms with Crippen molar-refractivity contribution in [2.45, 2.75) is 13.3 Å². The van der Waals surface area contributed by atoms with Crippen LogP contribution in [0.3, 0.4) is 0 Å². The van der Waals surface area contributed by atoms with Gasteiger partial charge in [-0.2, -0.15) is 0 Å². The smallest absolute Gasteiger partial charge is 0.244 e. The van der Waals surface area contributed by atoms with Crippen LogP contribution < -0.4 is 10.1 Å². The third-order valence-corrected chi connectivity index (χ3v) is 4.60. The number of ether oxygens (including phenoxy) is 1. The first kappa shape index (κ1) is 17.2. The molecule has 0 bridgehead atoms. The maximum atomic E-state index is 11.8. The number of para-hydroxylation sites is 1. The molecule has 4 nitrogen and oxygen atoms in total. The van der Waals surface area contributed by atoms with E-state index in [0.717, 1.165) is 28.0 Å². The van der Waals surface area contributed by atoms with Crippen molar-refractivity contribution in [3.8, 4) is 5.75 Å². The van der Waals surface area contributed by atoms with Gasteiger partial charge in [0.15, 0.2) is 0 Å². The summed E-state index contributed by atoms with van der Waals surface area (Å²) in [5.74, 6) is 0.690. The van der Waals surface area contributed by atoms with Crippen LogP contribution >= 0.6 is 11.3 Å². The minimum absolute atomic E-state index is 0.0853. The number of nitrogens with one attached hydrogen (secondary N) is 1. The lowest BCUT2D eigenvalue weighted by Gasteiger charge is -2.08. The minimum atomic E-state index is -0.0853. The molecule has 0 radical (unpaired) electrons. The van der Waals surface area contributed by atoms with Gasteiger partial charge in [0.1, 0.15) is 11.3 Å². The Bertz CT molecular complexity index is 881. The second-order valence-electron chi connectivity index (χ2n) is 5.61. The van der Waals surface area contributed by atoms with Crippen LogP contribution in [0.1, 0.15) is 16.2 Å². The van der Waals surface area contributed by atoms with Crippen molar-refractivity contribution < 1.29 is 9.53 Å². The molecular formula is C20H20N2O2S. The van der Waals surface area contributed by atoms with E-state index in [1.807, 2.05) is 55.5 Å². The lowest BCUT2D eigenvalue weighted by molar-refractivity contribution is -0.116. The molecule has 1 amide bonds. The van der Waals surface area contributed by atoms with Crippen molar-refractivity contribution in [1.82, 2.24) is 10.3 Å². The highest BCUT2D eigenvalue weighted by atomic mass is 32.1. The van der Waals surface area contributed by atoms with E-state index in [2.05, 4.69) is 10.3 Å². The van der Waals surface area contributed by atoms with E-state index in [-0.39, 0.29) is 5.91 Å². The Hall–Kier alpha value is -2.66. The number of aryl methyl sites for hydroxylation is 1. The van der Waals surface area contributed by atoms with Gasteiger partial charge in [0.25, 0.3) is 0 Å². The van der Waals surface area contributed by atoms with Crippen LogP contribution in [0, 0.1) is 6.92 Å². The number of aromatic nitrogens is 1. The van der Waals surface area contributed by atoms with Gasteiger partial charge in [-0.25, -0.2) is 0 Å². The zero-order chi connectivity index (χ0) is 17.5. The van der Waals surface area contributed by atoms with Crippen LogP contribution in [-0.4, -0.2) is 24.0 Å². The molecule has 0 fully saturated rings. The van der Waals surface area contributed by atoms with Crippen molar-refractivity contribution >= 4 is 34.2 Å². The summed E-state index contributed by atoms with van der Waals surface area (Å²) in [7, 11) is 0. The fourth-order valence-corrected chi connectivity index (χ4v) is 3.20. The lowest BCUT2D eigenvalue weighted by atomic mass is 10.2. The molecule has 2 heterocycles. The second kappa shape index (κ2) is 8.44. The third kappa shape index (κ3) is 4.90. The molecule has 2 aromatic heterocycles. The summed E-state index contributed by atoms with van der Waals surface area (Å²) in [6.07, 6.45) is 5.91.